The van der Waals surface area contributed by atoms with Crippen LogP contribution in [0.25, 0.3) is 6.08 Å². The molecule has 1 nitrogen and oxygen atoms in total. The lowest BCUT2D eigenvalue weighted by Gasteiger charge is -2.01. The molecule has 0 fully saturated rings. The Morgan fingerprint density at radius 1 is 1.08 bits per heavy atom. The Hall–Kier alpha value is -1.32. The minimum atomic E-state index is -1.47. The monoisotopic (exact) mass is 187 g/mol. The predicted octanol–water partition coefficient (Wildman–Crippen LogP) is 2.84. The van der Waals surface area contributed by atoms with Crippen LogP contribution in [0.1, 0.15) is 18.3 Å². The Morgan fingerprint density at radius 2 is 1.69 bits per heavy atom. The molecule has 13 heavy (non-hydrogen) atoms. The number of hydrogen-bond acceptors (Lipinski definition) is 1. The van der Waals surface area contributed by atoms with E-state index >= 15 is 0 Å². The van der Waals surface area contributed by atoms with Crippen LogP contribution in [0, 0.1) is 24.4 Å². The Kier molecular flexibility index (Phi) is 2.70. The minimum absolute atomic E-state index is 0.146. The molecule has 0 atom stereocenters. The molecule has 0 saturated carbocycles. The van der Waals surface area contributed by atoms with E-state index in [1.165, 1.54) is 19.1 Å². The fourth-order valence-electron chi connectivity index (χ4n) is 0.915. The Bertz CT molecular complexity index is 358. The molecule has 0 saturated heterocycles. The molecule has 0 aromatic carbocycles. The summed E-state index contributed by atoms with van der Waals surface area (Å²) in [5.74, 6) is -3.95. The number of allylic oxidation sites excluding steroid dienone is 1. The third-order valence-electron chi connectivity index (χ3n) is 1.54. The molecular formula is C9H8F3N. The van der Waals surface area contributed by atoms with Gasteiger partial charge < -0.3 is 0 Å². The molecule has 1 rings (SSSR count). The van der Waals surface area contributed by atoms with Gasteiger partial charge >= 0.3 is 0 Å². The van der Waals surface area contributed by atoms with E-state index in [0.717, 1.165) is 0 Å². The second-order valence-electron chi connectivity index (χ2n) is 2.52. The van der Waals surface area contributed by atoms with Gasteiger partial charge in [-0.2, -0.15) is 0 Å². The van der Waals surface area contributed by atoms with E-state index < -0.39 is 17.5 Å². The van der Waals surface area contributed by atoms with Gasteiger partial charge in [-0.25, -0.2) is 18.2 Å². The van der Waals surface area contributed by atoms with Gasteiger partial charge in [0.1, 0.15) is 5.69 Å². The van der Waals surface area contributed by atoms with E-state index in [1.807, 2.05) is 0 Å². The summed E-state index contributed by atoms with van der Waals surface area (Å²) in [5, 5.41) is 0. The molecule has 0 bridgehead atoms. The van der Waals surface area contributed by atoms with Crippen LogP contribution in [0.2, 0.25) is 0 Å². The van der Waals surface area contributed by atoms with Crippen molar-refractivity contribution in [3.63, 3.8) is 0 Å². The van der Waals surface area contributed by atoms with E-state index in [0.29, 0.717) is 0 Å². The zero-order valence-corrected chi connectivity index (χ0v) is 7.24. The van der Waals surface area contributed by atoms with E-state index in [2.05, 4.69) is 4.98 Å². The molecule has 1 aromatic heterocycles. The summed E-state index contributed by atoms with van der Waals surface area (Å²) in [6.07, 6.45) is 2.78. The van der Waals surface area contributed by atoms with Crippen LogP contribution in [0.4, 0.5) is 13.2 Å². The Balaban J connectivity index is 3.40. The SMILES string of the molecule is C/C=C/c1nc(C)c(F)c(F)c1F. The third kappa shape index (κ3) is 1.71. The lowest BCUT2D eigenvalue weighted by Crippen LogP contribution is -2.01. The normalized spacial score (nSPS) is 11.2. The highest BCUT2D eigenvalue weighted by atomic mass is 19.2. The fraction of sp³-hybridized carbons (Fsp3) is 0.222. The number of pyridine rings is 1. The van der Waals surface area contributed by atoms with Crippen molar-refractivity contribution in [1.29, 1.82) is 0 Å². The maximum absolute atomic E-state index is 12.9. The van der Waals surface area contributed by atoms with E-state index in [-0.39, 0.29) is 11.4 Å². The molecule has 1 heterocycles. The fourth-order valence-corrected chi connectivity index (χ4v) is 0.915. The van der Waals surface area contributed by atoms with Crippen molar-refractivity contribution < 1.29 is 13.2 Å². The van der Waals surface area contributed by atoms with Crippen LogP contribution >= 0.6 is 0 Å². The average Bonchev–Trinajstić information content (AvgIpc) is 2.11. The number of hydrogen-bond donors (Lipinski definition) is 0. The first-order valence-electron chi connectivity index (χ1n) is 3.71. The topological polar surface area (TPSA) is 12.9 Å². The van der Waals surface area contributed by atoms with Crippen molar-refractivity contribution in [2.24, 2.45) is 0 Å². The maximum Gasteiger partial charge on any atom is 0.198 e. The molecule has 1 aromatic rings. The summed E-state index contributed by atoms with van der Waals surface area (Å²) in [5.41, 5.74) is -0.328. The molecule has 4 heteroatoms. The van der Waals surface area contributed by atoms with Gasteiger partial charge in [0.25, 0.3) is 0 Å². The third-order valence-corrected chi connectivity index (χ3v) is 1.54. The first kappa shape index (κ1) is 9.77. The van der Waals surface area contributed by atoms with Gasteiger partial charge in [0.05, 0.1) is 5.69 Å². The largest absolute Gasteiger partial charge is 0.247 e. The van der Waals surface area contributed by atoms with Gasteiger partial charge in [0, 0.05) is 0 Å². The maximum atomic E-state index is 12.9. The molecule has 0 amide bonds. The molecule has 70 valence electrons. The smallest absolute Gasteiger partial charge is 0.198 e. The van der Waals surface area contributed by atoms with Crippen LogP contribution in [0.3, 0.4) is 0 Å². The van der Waals surface area contributed by atoms with Crippen molar-refractivity contribution in [2.75, 3.05) is 0 Å². The van der Waals surface area contributed by atoms with Crippen molar-refractivity contribution in [3.8, 4) is 0 Å². The molecule has 0 spiro atoms. The van der Waals surface area contributed by atoms with Crippen molar-refractivity contribution in [1.82, 2.24) is 4.98 Å². The summed E-state index contributed by atoms with van der Waals surface area (Å²) in [6.45, 7) is 2.92. The lowest BCUT2D eigenvalue weighted by molar-refractivity contribution is 0.434. The Labute approximate surface area is 73.9 Å². The predicted molar refractivity (Wildman–Crippen MR) is 43.6 cm³/mol. The molecule has 0 aliphatic rings. The van der Waals surface area contributed by atoms with Crippen LogP contribution in [0.15, 0.2) is 6.08 Å². The molecule has 0 radical (unpaired) electrons. The highest BCUT2D eigenvalue weighted by Gasteiger charge is 2.15. The van der Waals surface area contributed by atoms with E-state index in [9.17, 15) is 13.2 Å². The van der Waals surface area contributed by atoms with Crippen LogP contribution in [0.5, 0.6) is 0 Å². The van der Waals surface area contributed by atoms with Crippen molar-refractivity contribution in [3.05, 3.63) is 34.9 Å². The lowest BCUT2D eigenvalue weighted by atomic mass is 10.2. The number of rotatable bonds is 1. The van der Waals surface area contributed by atoms with Gasteiger partial charge in [-0.05, 0) is 19.9 Å². The second kappa shape index (κ2) is 3.60. The number of halogens is 3. The zero-order chi connectivity index (χ0) is 10.0. The minimum Gasteiger partial charge on any atom is -0.247 e. The molecule has 0 aliphatic carbocycles. The van der Waals surface area contributed by atoms with Crippen LogP contribution in [-0.4, -0.2) is 4.98 Å². The number of nitrogens with zero attached hydrogens (tertiary/aromatic N) is 1. The van der Waals surface area contributed by atoms with Gasteiger partial charge in [-0.15, -0.1) is 0 Å². The first-order chi connectivity index (χ1) is 6.07. The highest BCUT2D eigenvalue weighted by Crippen LogP contribution is 2.16. The van der Waals surface area contributed by atoms with E-state index in [4.69, 9.17) is 0 Å². The zero-order valence-electron chi connectivity index (χ0n) is 7.24. The summed E-state index contributed by atoms with van der Waals surface area (Å²) in [6, 6.07) is 0. The molecular weight excluding hydrogens is 179 g/mol. The Morgan fingerprint density at radius 3 is 2.23 bits per heavy atom. The summed E-state index contributed by atoms with van der Waals surface area (Å²) < 4.78 is 38.4. The van der Waals surface area contributed by atoms with Crippen LogP contribution in [-0.2, 0) is 0 Å². The molecule has 0 aliphatic heterocycles. The number of aromatic nitrogens is 1. The quantitative estimate of drug-likeness (QED) is 0.658. The van der Waals surface area contributed by atoms with Crippen LogP contribution < -0.4 is 0 Å². The highest BCUT2D eigenvalue weighted by molar-refractivity contribution is 5.45. The van der Waals surface area contributed by atoms with Gasteiger partial charge in [-0.1, -0.05) is 6.08 Å². The summed E-state index contributed by atoms with van der Waals surface area (Å²) in [7, 11) is 0. The van der Waals surface area contributed by atoms with Crippen molar-refractivity contribution in [2.45, 2.75) is 13.8 Å². The van der Waals surface area contributed by atoms with Crippen molar-refractivity contribution >= 4 is 6.08 Å². The van der Waals surface area contributed by atoms with Gasteiger partial charge in [0.2, 0.25) is 0 Å². The molecule has 0 N–H and O–H groups in total. The molecule has 0 unspecified atom stereocenters. The second-order valence-corrected chi connectivity index (χ2v) is 2.52. The standard InChI is InChI=1S/C9H8F3N/c1-3-4-6-8(11)9(12)7(10)5(2)13-6/h3-4H,1-2H3/b4-3+. The average molecular weight is 187 g/mol. The first-order valence-corrected chi connectivity index (χ1v) is 3.71. The number of aryl methyl sites for hydroxylation is 1. The van der Waals surface area contributed by atoms with Gasteiger partial charge in [-0.3, -0.25) is 0 Å². The summed E-state index contributed by atoms with van der Waals surface area (Å²) in [4.78, 5) is 3.55. The summed E-state index contributed by atoms with van der Waals surface area (Å²) >= 11 is 0. The van der Waals surface area contributed by atoms with Gasteiger partial charge in [0.15, 0.2) is 17.5 Å². The van der Waals surface area contributed by atoms with E-state index in [1.54, 1.807) is 6.92 Å².